The third kappa shape index (κ3) is 5.14. The summed E-state index contributed by atoms with van der Waals surface area (Å²) in [5, 5.41) is 3.61. The maximum atomic E-state index is 13.7. The number of halogens is 2. The van der Waals surface area contributed by atoms with Gasteiger partial charge in [-0.2, -0.15) is 0 Å². The molecule has 1 amide bonds. The van der Waals surface area contributed by atoms with Gasteiger partial charge in [-0.25, -0.2) is 13.8 Å². The Bertz CT molecular complexity index is 1010. The van der Waals surface area contributed by atoms with Gasteiger partial charge < -0.3 is 5.32 Å². The predicted octanol–water partition coefficient (Wildman–Crippen LogP) is 3.72. The van der Waals surface area contributed by atoms with Crippen molar-refractivity contribution in [1.29, 1.82) is 0 Å². The first kappa shape index (κ1) is 19.9. The highest BCUT2D eigenvalue weighted by Crippen LogP contribution is 2.24. The van der Waals surface area contributed by atoms with Gasteiger partial charge in [0.2, 0.25) is 5.91 Å². The minimum atomic E-state index is -0.432. The summed E-state index contributed by atoms with van der Waals surface area (Å²) in [5.41, 5.74) is 1.04. The number of carbonyl (C=O) groups excluding carboxylic acids is 1. The van der Waals surface area contributed by atoms with Crippen LogP contribution < -0.4 is 5.32 Å². The smallest absolute Gasteiger partial charge is 0.238 e. The molecule has 5 nitrogen and oxygen atoms in total. The largest absolute Gasteiger partial charge is 0.322 e. The van der Waals surface area contributed by atoms with Crippen LogP contribution >= 0.6 is 11.3 Å². The highest BCUT2D eigenvalue weighted by atomic mass is 32.1. The molecule has 2 aromatic carbocycles. The van der Waals surface area contributed by atoms with Gasteiger partial charge in [-0.1, -0.05) is 12.1 Å². The summed E-state index contributed by atoms with van der Waals surface area (Å²) >= 11 is 1.52. The first-order valence-corrected chi connectivity index (χ1v) is 10.4. The Morgan fingerprint density at radius 3 is 2.72 bits per heavy atom. The molecule has 1 aliphatic heterocycles. The lowest BCUT2D eigenvalue weighted by Gasteiger charge is -2.20. The van der Waals surface area contributed by atoms with E-state index in [1.807, 2.05) is 0 Å². The fourth-order valence-corrected chi connectivity index (χ4v) is 4.54. The number of anilines is 1. The van der Waals surface area contributed by atoms with Crippen LogP contribution in [0.1, 0.15) is 11.4 Å². The monoisotopic (exact) mass is 416 g/mol. The molecule has 152 valence electrons. The Balaban J connectivity index is 1.30. The number of carbonyl (C=O) groups is 1. The molecule has 29 heavy (non-hydrogen) atoms. The van der Waals surface area contributed by atoms with Crippen molar-refractivity contribution in [2.45, 2.75) is 13.0 Å². The van der Waals surface area contributed by atoms with Crippen LogP contribution in [0, 0.1) is 11.6 Å². The van der Waals surface area contributed by atoms with Crippen molar-refractivity contribution >= 4 is 33.1 Å². The second-order valence-electron chi connectivity index (χ2n) is 7.15. The van der Waals surface area contributed by atoms with Crippen molar-refractivity contribution in [3.05, 3.63) is 59.1 Å². The van der Waals surface area contributed by atoms with Crippen LogP contribution in [0.2, 0.25) is 0 Å². The van der Waals surface area contributed by atoms with E-state index in [0.29, 0.717) is 0 Å². The summed E-state index contributed by atoms with van der Waals surface area (Å²) in [6.45, 7) is 4.25. The van der Waals surface area contributed by atoms with Crippen molar-refractivity contribution < 1.29 is 13.6 Å². The number of nitrogens with one attached hydrogen (secondary N) is 1. The number of amides is 1. The van der Waals surface area contributed by atoms with Gasteiger partial charge in [0, 0.05) is 13.1 Å². The zero-order valence-electron chi connectivity index (χ0n) is 15.9. The molecule has 0 bridgehead atoms. The van der Waals surface area contributed by atoms with Gasteiger partial charge in [0.05, 0.1) is 29.0 Å². The molecular formula is C21H22F2N4OS. The van der Waals surface area contributed by atoms with Crippen molar-refractivity contribution in [3.8, 4) is 0 Å². The summed E-state index contributed by atoms with van der Waals surface area (Å²) in [7, 11) is 0. The molecule has 0 radical (unpaired) electrons. The minimum absolute atomic E-state index is 0.209. The lowest BCUT2D eigenvalue weighted by Crippen LogP contribution is -2.36. The SMILES string of the molecule is O=C(CN1CCCN(Cc2nc3ccc(F)cc3s2)CC1)Nc1ccccc1F. The van der Waals surface area contributed by atoms with Crippen LogP contribution in [0.25, 0.3) is 10.2 Å². The van der Waals surface area contributed by atoms with E-state index in [4.69, 9.17) is 0 Å². The van der Waals surface area contributed by atoms with E-state index >= 15 is 0 Å². The molecule has 0 aliphatic carbocycles. The molecule has 0 spiro atoms. The van der Waals surface area contributed by atoms with E-state index in [1.165, 1.54) is 29.5 Å². The third-order valence-electron chi connectivity index (χ3n) is 4.95. The summed E-state index contributed by atoms with van der Waals surface area (Å²) in [4.78, 5) is 21.3. The number of rotatable bonds is 5. The van der Waals surface area contributed by atoms with E-state index in [0.717, 1.165) is 54.4 Å². The van der Waals surface area contributed by atoms with Crippen LogP contribution in [0.15, 0.2) is 42.5 Å². The Morgan fingerprint density at radius 1 is 1.07 bits per heavy atom. The first-order valence-electron chi connectivity index (χ1n) is 9.61. The second-order valence-corrected chi connectivity index (χ2v) is 8.27. The predicted molar refractivity (Wildman–Crippen MR) is 111 cm³/mol. The normalized spacial score (nSPS) is 16.1. The molecule has 0 unspecified atom stereocenters. The summed E-state index contributed by atoms with van der Waals surface area (Å²) in [6, 6.07) is 10.8. The van der Waals surface area contributed by atoms with Crippen LogP contribution in [-0.4, -0.2) is 53.4 Å². The van der Waals surface area contributed by atoms with Crippen LogP contribution in [0.3, 0.4) is 0 Å². The van der Waals surface area contributed by atoms with Gasteiger partial charge >= 0.3 is 0 Å². The van der Waals surface area contributed by atoms with Gasteiger partial charge in [-0.05, 0) is 49.8 Å². The Hall–Kier alpha value is -2.42. The van der Waals surface area contributed by atoms with Crippen molar-refractivity contribution in [1.82, 2.24) is 14.8 Å². The number of para-hydroxylation sites is 1. The zero-order valence-corrected chi connectivity index (χ0v) is 16.7. The molecule has 1 fully saturated rings. The number of nitrogens with zero attached hydrogens (tertiary/aromatic N) is 3. The van der Waals surface area contributed by atoms with Crippen LogP contribution in [0.5, 0.6) is 0 Å². The number of benzene rings is 2. The number of hydrogen-bond donors (Lipinski definition) is 1. The third-order valence-corrected chi connectivity index (χ3v) is 5.95. The summed E-state index contributed by atoms with van der Waals surface area (Å²) in [5.74, 6) is -0.887. The fourth-order valence-electron chi connectivity index (χ4n) is 3.50. The van der Waals surface area contributed by atoms with Gasteiger partial charge in [0.25, 0.3) is 0 Å². The molecule has 1 N–H and O–H groups in total. The highest BCUT2D eigenvalue weighted by molar-refractivity contribution is 7.18. The van der Waals surface area contributed by atoms with Crippen LogP contribution in [0.4, 0.5) is 14.5 Å². The van der Waals surface area contributed by atoms with Crippen LogP contribution in [-0.2, 0) is 11.3 Å². The molecule has 3 aromatic rings. The minimum Gasteiger partial charge on any atom is -0.322 e. The van der Waals surface area contributed by atoms with E-state index in [9.17, 15) is 13.6 Å². The molecule has 0 saturated carbocycles. The van der Waals surface area contributed by atoms with Gasteiger partial charge in [-0.15, -0.1) is 11.3 Å². The van der Waals surface area contributed by atoms with Gasteiger partial charge in [0.15, 0.2) is 0 Å². The molecule has 2 heterocycles. The van der Waals surface area contributed by atoms with E-state index in [2.05, 4.69) is 20.1 Å². The van der Waals surface area contributed by atoms with E-state index in [1.54, 1.807) is 24.3 Å². The quantitative estimate of drug-likeness (QED) is 0.689. The fraction of sp³-hybridized carbons (Fsp3) is 0.333. The summed E-state index contributed by atoms with van der Waals surface area (Å²) in [6.07, 6.45) is 0.937. The zero-order chi connectivity index (χ0) is 20.2. The molecular weight excluding hydrogens is 394 g/mol. The average Bonchev–Trinajstić information content (AvgIpc) is 2.95. The number of aromatic nitrogens is 1. The second kappa shape index (κ2) is 8.94. The Labute approximate surface area is 172 Å². The molecule has 0 atom stereocenters. The molecule has 8 heteroatoms. The maximum Gasteiger partial charge on any atom is 0.238 e. The molecule has 1 aromatic heterocycles. The average molecular weight is 416 g/mol. The number of thiazole rings is 1. The topological polar surface area (TPSA) is 48.5 Å². The van der Waals surface area contributed by atoms with Gasteiger partial charge in [0.1, 0.15) is 16.6 Å². The lowest BCUT2D eigenvalue weighted by atomic mass is 10.3. The molecule has 1 saturated heterocycles. The number of hydrogen-bond acceptors (Lipinski definition) is 5. The Morgan fingerprint density at radius 2 is 1.86 bits per heavy atom. The van der Waals surface area contributed by atoms with E-state index < -0.39 is 5.82 Å². The van der Waals surface area contributed by atoms with Gasteiger partial charge in [-0.3, -0.25) is 14.6 Å². The van der Waals surface area contributed by atoms with E-state index in [-0.39, 0.29) is 24.0 Å². The molecule has 4 rings (SSSR count). The van der Waals surface area contributed by atoms with Crippen molar-refractivity contribution in [2.24, 2.45) is 0 Å². The first-order chi connectivity index (χ1) is 14.1. The number of fused-ring (bicyclic) bond motifs is 1. The van der Waals surface area contributed by atoms with Crippen molar-refractivity contribution in [3.63, 3.8) is 0 Å². The lowest BCUT2D eigenvalue weighted by molar-refractivity contribution is -0.117. The maximum absolute atomic E-state index is 13.7. The standard InChI is InChI=1S/C21H22F2N4OS/c22-15-6-7-18-19(12-15)29-21(25-18)14-27-9-3-8-26(10-11-27)13-20(28)24-17-5-2-1-4-16(17)23/h1-2,4-7,12H,3,8-11,13-14H2,(H,24,28). The summed E-state index contributed by atoms with van der Waals surface area (Å²) < 4.78 is 27.9. The molecule has 1 aliphatic rings. The highest BCUT2D eigenvalue weighted by Gasteiger charge is 2.19. The van der Waals surface area contributed by atoms with Crippen molar-refractivity contribution in [2.75, 3.05) is 38.0 Å². The Kier molecular flexibility index (Phi) is 6.13.